The number of nitrogens with one attached hydrogen (secondary N) is 2. The van der Waals surface area contributed by atoms with Gasteiger partial charge in [-0.15, -0.1) is 0 Å². The molecule has 0 fully saturated rings. The Kier molecular flexibility index (Phi) is 6.45. The monoisotopic (exact) mass is 296 g/mol. The summed E-state index contributed by atoms with van der Waals surface area (Å²) < 4.78 is 10.7. The Morgan fingerprint density at radius 2 is 1.95 bits per heavy atom. The Balaban J connectivity index is 2.44. The number of likely N-dealkylation sites (N-methyl/N-ethyl adjacent to an activating group) is 1. The number of ether oxygens (including phenoxy) is 2. The molecule has 118 valence electrons. The largest absolute Gasteiger partial charge is 0.493 e. The Hall–Kier alpha value is -1.79. The molecule has 0 aliphatic heterocycles. The van der Waals surface area contributed by atoms with Crippen LogP contribution >= 0.6 is 0 Å². The summed E-state index contributed by atoms with van der Waals surface area (Å²) in [4.78, 5) is 11.6. The minimum absolute atomic E-state index is 0.108. The molecule has 0 aromatic heterocycles. The molecule has 1 aromatic rings. The van der Waals surface area contributed by atoms with Gasteiger partial charge in [0.2, 0.25) is 5.91 Å². The van der Waals surface area contributed by atoms with E-state index < -0.39 is 11.6 Å². The number of hydrogen-bond acceptors (Lipinski definition) is 5. The maximum atomic E-state index is 11.6. The lowest BCUT2D eigenvalue weighted by atomic mass is 10.0. The van der Waals surface area contributed by atoms with Crippen LogP contribution in [0.1, 0.15) is 13.8 Å². The molecule has 21 heavy (non-hydrogen) atoms. The molecule has 0 spiro atoms. The number of aliphatic hydroxyl groups excluding tert-OH is 1. The van der Waals surface area contributed by atoms with Crippen molar-refractivity contribution in [1.82, 2.24) is 10.6 Å². The zero-order valence-electron chi connectivity index (χ0n) is 13.0. The Morgan fingerprint density at radius 1 is 1.33 bits per heavy atom. The van der Waals surface area contributed by atoms with Crippen LogP contribution in [-0.4, -0.2) is 50.0 Å². The van der Waals surface area contributed by atoms with Gasteiger partial charge in [-0.05, 0) is 26.0 Å². The molecule has 0 bridgehead atoms. The van der Waals surface area contributed by atoms with Gasteiger partial charge in [0.1, 0.15) is 12.7 Å². The van der Waals surface area contributed by atoms with Crippen LogP contribution in [0.5, 0.6) is 11.5 Å². The van der Waals surface area contributed by atoms with E-state index in [1.807, 2.05) is 12.1 Å². The molecule has 1 aromatic carbocycles. The van der Waals surface area contributed by atoms with Crippen LogP contribution in [-0.2, 0) is 4.79 Å². The highest BCUT2D eigenvalue weighted by atomic mass is 16.5. The summed E-state index contributed by atoms with van der Waals surface area (Å²) in [7, 11) is 3.14. The van der Waals surface area contributed by atoms with Crippen LogP contribution in [0.15, 0.2) is 24.3 Å². The first-order valence-electron chi connectivity index (χ1n) is 6.81. The van der Waals surface area contributed by atoms with Crippen molar-refractivity contribution in [3.8, 4) is 11.5 Å². The van der Waals surface area contributed by atoms with Gasteiger partial charge in [0.05, 0.1) is 12.6 Å². The third kappa shape index (κ3) is 5.24. The lowest BCUT2D eigenvalue weighted by molar-refractivity contribution is -0.126. The molecule has 0 aliphatic carbocycles. The van der Waals surface area contributed by atoms with Crippen LogP contribution in [0.4, 0.5) is 0 Å². The normalized spacial score (nSPS) is 12.6. The van der Waals surface area contributed by atoms with Gasteiger partial charge in [0, 0.05) is 13.6 Å². The molecular weight excluding hydrogens is 272 g/mol. The van der Waals surface area contributed by atoms with E-state index in [1.54, 1.807) is 40.1 Å². The number of rotatable bonds is 8. The van der Waals surface area contributed by atoms with Crippen molar-refractivity contribution in [2.75, 3.05) is 27.3 Å². The Labute approximate surface area is 125 Å². The SMILES string of the molecule is CNC(=O)C(C)(C)NCC(O)COc1ccccc1OC. The molecule has 1 atom stereocenters. The average Bonchev–Trinajstić information content (AvgIpc) is 2.50. The molecule has 0 aliphatic rings. The van der Waals surface area contributed by atoms with Crippen molar-refractivity contribution in [3.63, 3.8) is 0 Å². The van der Waals surface area contributed by atoms with Crippen LogP contribution in [0.25, 0.3) is 0 Å². The minimum Gasteiger partial charge on any atom is -0.493 e. The lowest BCUT2D eigenvalue weighted by Gasteiger charge is -2.25. The molecule has 1 amide bonds. The summed E-state index contributed by atoms with van der Waals surface area (Å²) in [6.45, 7) is 3.85. The Morgan fingerprint density at radius 3 is 2.52 bits per heavy atom. The van der Waals surface area contributed by atoms with Gasteiger partial charge in [-0.3, -0.25) is 4.79 Å². The number of β-amino-alcohol motifs (C(OH)–C–C–N with tert-alkyl or cyclic N) is 1. The zero-order valence-corrected chi connectivity index (χ0v) is 13.0. The summed E-state index contributed by atoms with van der Waals surface area (Å²) in [6, 6.07) is 7.23. The van der Waals surface area contributed by atoms with E-state index in [-0.39, 0.29) is 19.1 Å². The molecule has 3 N–H and O–H groups in total. The first-order valence-corrected chi connectivity index (χ1v) is 6.81. The number of aliphatic hydroxyl groups is 1. The van der Waals surface area contributed by atoms with E-state index in [0.717, 1.165) is 0 Å². The molecule has 6 heteroatoms. The minimum atomic E-state index is -0.750. The van der Waals surface area contributed by atoms with Crippen molar-refractivity contribution < 1.29 is 19.4 Å². The molecule has 0 heterocycles. The van der Waals surface area contributed by atoms with Gasteiger partial charge < -0.3 is 25.2 Å². The van der Waals surface area contributed by atoms with Gasteiger partial charge >= 0.3 is 0 Å². The summed E-state index contributed by atoms with van der Waals surface area (Å²) in [6.07, 6.45) is -0.737. The number of carbonyl (C=O) groups is 1. The summed E-state index contributed by atoms with van der Waals surface area (Å²) in [5, 5.41) is 15.5. The standard InChI is InChI=1S/C15H24N2O4/c1-15(2,14(19)16-3)17-9-11(18)10-21-13-8-6-5-7-12(13)20-4/h5-8,11,17-18H,9-10H2,1-4H3,(H,16,19). The maximum absolute atomic E-state index is 11.6. The third-order valence-electron chi connectivity index (χ3n) is 3.07. The number of para-hydroxylation sites is 2. The number of methoxy groups -OCH3 is 1. The smallest absolute Gasteiger partial charge is 0.239 e. The van der Waals surface area contributed by atoms with Crippen molar-refractivity contribution in [2.45, 2.75) is 25.5 Å². The van der Waals surface area contributed by atoms with Gasteiger partial charge in [-0.25, -0.2) is 0 Å². The number of benzene rings is 1. The van der Waals surface area contributed by atoms with Gasteiger partial charge in [-0.2, -0.15) is 0 Å². The fraction of sp³-hybridized carbons (Fsp3) is 0.533. The summed E-state index contributed by atoms with van der Waals surface area (Å²) in [5.74, 6) is 1.05. The van der Waals surface area contributed by atoms with Gasteiger partial charge in [0.15, 0.2) is 11.5 Å². The lowest BCUT2D eigenvalue weighted by Crippen LogP contribution is -2.54. The predicted octanol–water partition coefficient (Wildman–Crippen LogP) is 0.549. The second-order valence-corrected chi connectivity index (χ2v) is 5.20. The second kappa shape index (κ2) is 7.85. The fourth-order valence-electron chi connectivity index (χ4n) is 1.75. The summed E-state index contributed by atoms with van der Waals surface area (Å²) in [5.41, 5.74) is -0.750. The first kappa shape index (κ1) is 17.3. The van der Waals surface area contributed by atoms with Crippen molar-refractivity contribution in [1.29, 1.82) is 0 Å². The number of carbonyl (C=O) groups excluding carboxylic acids is 1. The van der Waals surface area contributed by atoms with E-state index in [4.69, 9.17) is 9.47 Å². The van der Waals surface area contributed by atoms with Gasteiger partial charge in [-0.1, -0.05) is 12.1 Å². The van der Waals surface area contributed by atoms with E-state index >= 15 is 0 Å². The molecule has 1 unspecified atom stereocenters. The van der Waals surface area contributed by atoms with Crippen LogP contribution in [0.3, 0.4) is 0 Å². The third-order valence-corrected chi connectivity index (χ3v) is 3.07. The molecule has 1 rings (SSSR count). The van der Waals surface area contributed by atoms with E-state index in [2.05, 4.69) is 10.6 Å². The molecule has 0 saturated heterocycles. The highest BCUT2D eigenvalue weighted by Crippen LogP contribution is 2.25. The van der Waals surface area contributed by atoms with Crippen LogP contribution < -0.4 is 20.1 Å². The molecular formula is C15H24N2O4. The molecule has 6 nitrogen and oxygen atoms in total. The second-order valence-electron chi connectivity index (χ2n) is 5.20. The highest BCUT2D eigenvalue weighted by molar-refractivity contribution is 5.85. The average molecular weight is 296 g/mol. The Bertz CT molecular complexity index is 463. The van der Waals surface area contributed by atoms with E-state index in [9.17, 15) is 9.90 Å². The predicted molar refractivity (Wildman–Crippen MR) is 80.6 cm³/mol. The topological polar surface area (TPSA) is 79.8 Å². The number of amides is 1. The van der Waals surface area contributed by atoms with E-state index in [1.165, 1.54) is 0 Å². The molecule has 0 radical (unpaired) electrons. The fourth-order valence-corrected chi connectivity index (χ4v) is 1.75. The van der Waals surface area contributed by atoms with Crippen molar-refractivity contribution in [2.24, 2.45) is 0 Å². The summed E-state index contributed by atoms with van der Waals surface area (Å²) >= 11 is 0. The number of hydrogen-bond donors (Lipinski definition) is 3. The van der Waals surface area contributed by atoms with Crippen LogP contribution in [0.2, 0.25) is 0 Å². The van der Waals surface area contributed by atoms with Crippen molar-refractivity contribution >= 4 is 5.91 Å². The molecule has 0 saturated carbocycles. The van der Waals surface area contributed by atoms with Crippen LogP contribution in [0, 0.1) is 0 Å². The zero-order chi connectivity index (χ0) is 15.9. The highest BCUT2D eigenvalue weighted by Gasteiger charge is 2.26. The first-order chi connectivity index (χ1) is 9.90. The van der Waals surface area contributed by atoms with Crippen molar-refractivity contribution in [3.05, 3.63) is 24.3 Å². The van der Waals surface area contributed by atoms with Gasteiger partial charge in [0.25, 0.3) is 0 Å². The maximum Gasteiger partial charge on any atom is 0.239 e. The van der Waals surface area contributed by atoms with E-state index in [0.29, 0.717) is 11.5 Å². The quantitative estimate of drug-likeness (QED) is 0.653.